The average Bonchev–Trinajstić information content (AvgIpc) is 2.12. The van der Waals surface area contributed by atoms with Gasteiger partial charge in [0.15, 0.2) is 0 Å². The van der Waals surface area contributed by atoms with Gasteiger partial charge < -0.3 is 5.11 Å². The lowest BCUT2D eigenvalue weighted by molar-refractivity contribution is 0.194. The van der Waals surface area contributed by atoms with E-state index in [4.69, 9.17) is 5.11 Å². The number of hydrogen-bond acceptors (Lipinski definition) is 2. The molecule has 0 bridgehead atoms. The molecule has 0 spiro atoms. The van der Waals surface area contributed by atoms with E-state index < -0.39 is 6.10 Å². The summed E-state index contributed by atoms with van der Waals surface area (Å²) in [5.74, 6) is 0. The monoisotopic (exact) mass is 111 g/mol. The molecule has 2 N–H and O–H groups in total. The van der Waals surface area contributed by atoms with Crippen LogP contribution >= 0.6 is 0 Å². The van der Waals surface area contributed by atoms with Crippen molar-refractivity contribution < 1.29 is 5.11 Å². The number of aliphatic hydroxyl groups excluding tert-OH is 1. The van der Waals surface area contributed by atoms with E-state index >= 15 is 0 Å². The molecule has 0 aliphatic heterocycles. The number of aromatic amines is 1. The smallest absolute Gasteiger partial charge is 0.0984 e. The van der Waals surface area contributed by atoms with Gasteiger partial charge in [-0.25, -0.2) is 0 Å². The highest BCUT2D eigenvalue weighted by Crippen LogP contribution is 2.03. The van der Waals surface area contributed by atoms with E-state index in [1.165, 1.54) is 0 Å². The Bertz CT molecular complexity index is 145. The zero-order valence-electron chi connectivity index (χ0n) is 4.55. The van der Waals surface area contributed by atoms with Crippen molar-refractivity contribution in [3.8, 4) is 0 Å². The number of nitrogens with zero attached hydrogens (tertiary/aromatic N) is 1. The van der Waals surface area contributed by atoms with Crippen LogP contribution in [0.2, 0.25) is 0 Å². The number of aromatic nitrogens is 2. The van der Waals surface area contributed by atoms with Gasteiger partial charge in [-0.3, -0.25) is 5.10 Å². The normalized spacial score (nSPS) is 13.8. The lowest BCUT2D eigenvalue weighted by Gasteiger charge is -1.93. The molecule has 0 saturated carbocycles. The van der Waals surface area contributed by atoms with E-state index in [-0.39, 0.29) is 0 Å². The van der Waals surface area contributed by atoms with Crippen molar-refractivity contribution in [3.63, 3.8) is 0 Å². The third-order valence-electron chi connectivity index (χ3n) is 0.865. The first-order valence-corrected chi connectivity index (χ1v) is 2.40. The minimum Gasteiger partial charge on any atom is -0.387 e. The summed E-state index contributed by atoms with van der Waals surface area (Å²) in [6.45, 7) is 1.65. The Morgan fingerprint density at radius 2 is 2.75 bits per heavy atom. The minimum atomic E-state index is -0.513. The van der Waals surface area contributed by atoms with Gasteiger partial charge in [0.2, 0.25) is 0 Å². The topological polar surface area (TPSA) is 48.9 Å². The number of hydrogen-bond donors (Lipinski definition) is 2. The van der Waals surface area contributed by atoms with Crippen molar-refractivity contribution in [2.45, 2.75) is 13.0 Å². The van der Waals surface area contributed by atoms with Gasteiger partial charge in [-0.2, -0.15) is 5.10 Å². The highest BCUT2D eigenvalue weighted by atomic mass is 16.3. The summed E-state index contributed by atoms with van der Waals surface area (Å²) in [4.78, 5) is 0. The maximum absolute atomic E-state index is 8.80. The summed E-state index contributed by atoms with van der Waals surface area (Å²) in [6.07, 6.45) is 1.04. The predicted octanol–water partition coefficient (Wildman–Crippen LogP) is 0.263. The molecule has 3 nitrogen and oxygen atoms in total. The number of nitrogens with one attached hydrogen (secondary N) is 1. The third kappa shape index (κ3) is 0.869. The second-order valence-electron chi connectivity index (χ2n) is 1.59. The van der Waals surface area contributed by atoms with Crippen molar-refractivity contribution in [2.24, 2.45) is 0 Å². The standard InChI is InChI=1S/C5H7N2O/c1-4(8)5-2-3-6-7-5/h3-4,8H,1H3,(H,6,7). The van der Waals surface area contributed by atoms with Crippen molar-refractivity contribution in [1.29, 1.82) is 0 Å². The maximum atomic E-state index is 8.80. The number of H-pyrrole nitrogens is 1. The summed E-state index contributed by atoms with van der Waals surface area (Å²) in [6, 6.07) is 2.72. The molecule has 43 valence electrons. The maximum Gasteiger partial charge on any atom is 0.0984 e. The summed E-state index contributed by atoms with van der Waals surface area (Å²) in [7, 11) is 0. The molecule has 1 atom stereocenters. The molecule has 0 fully saturated rings. The quantitative estimate of drug-likeness (QED) is 0.546. The molecule has 0 saturated heterocycles. The van der Waals surface area contributed by atoms with Gasteiger partial charge in [-0.1, -0.05) is 0 Å². The van der Waals surface area contributed by atoms with E-state index in [1.807, 2.05) is 0 Å². The van der Waals surface area contributed by atoms with Gasteiger partial charge in [0.05, 0.1) is 11.8 Å². The van der Waals surface area contributed by atoms with Crippen LogP contribution in [-0.4, -0.2) is 15.3 Å². The van der Waals surface area contributed by atoms with Crippen molar-refractivity contribution in [2.75, 3.05) is 0 Å². The van der Waals surface area contributed by atoms with Gasteiger partial charge in [0, 0.05) is 12.3 Å². The van der Waals surface area contributed by atoms with Crippen LogP contribution in [0.4, 0.5) is 0 Å². The molecule has 1 unspecified atom stereocenters. The van der Waals surface area contributed by atoms with Crippen LogP contribution in [0.1, 0.15) is 18.7 Å². The van der Waals surface area contributed by atoms with Gasteiger partial charge in [0.1, 0.15) is 0 Å². The van der Waals surface area contributed by atoms with Gasteiger partial charge in [-0.15, -0.1) is 0 Å². The van der Waals surface area contributed by atoms with Crippen molar-refractivity contribution in [3.05, 3.63) is 18.0 Å². The van der Waals surface area contributed by atoms with Crippen molar-refractivity contribution >= 4 is 0 Å². The molecule has 0 aliphatic rings. The highest BCUT2D eigenvalue weighted by molar-refractivity contribution is 4.97. The van der Waals surface area contributed by atoms with Crippen LogP contribution in [0, 0.1) is 6.07 Å². The Morgan fingerprint density at radius 3 is 3.00 bits per heavy atom. The summed E-state index contributed by atoms with van der Waals surface area (Å²) >= 11 is 0. The highest BCUT2D eigenvalue weighted by Gasteiger charge is 1.99. The Kier molecular flexibility index (Phi) is 1.30. The van der Waals surface area contributed by atoms with E-state index in [2.05, 4.69) is 16.3 Å². The molecule has 1 heterocycles. The summed E-state index contributed by atoms with van der Waals surface area (Å²) in [5, 5.41) is 15.0. The van der Waals surface area contributed by atoms with Crippen LogP contribution in [-0.2, 0) is 0 Å². The lowest BCUT2D eigenvalue weighted by atomic mass is 10.3. The zero-order valence-corrected chi connectivity index (χ0v) is 4.55. The van der Waals surface area contributed by atoms with Crippen LogP contribution < -0.4 is 0 Å². The minimum absolute atomic E-state index is 0.513. The van der Waals surface area contributed by atoms with E-state index in [1.54, 1.807) is 13.1 Å². The van der Waals surface area contributed by atoms with Crippen LogP contribution in [0.3, 0.4) is 0 Å². The number of rotatable bonds is 1. The molecular formula is C5H7N2O. The fourth-order valence-corrected chi connectivity index (χ4v) is 0.454. The summed E-state index contributed by atoms with van der Waals surface area (Å²) in [5.41, 5.74) is 0.560. The Morgan fingerprint density at radius 1 is 2.00 bits per heavy atom. The fourth-order valence-electron chi connectivity index (χ4n) is 0.454. The molecule has 1 aromatic rings. The first-order valence-electron chi connectivity index (χ1n) is 2.40. The van der Waals surface area contributed by atoms with Crippen molar-refractivity contribution in [1.82, 2.24) is 10.2 Å². The first-order chi connectivity index (χ1) is 3.80. The Balaban J connectivity index is 2.77. The molecule has 3 heteroatoms. The van der Waals surface area contributed by atoms with Crippen LogP contribution in [0.25, 0.3) is 0 Å². The Hall–Kier alpha value is -0.830. The third-order valence-corrected chi connectivity index (χ3v) is 0.865. The Labute approximate surface area is 47.4 Å². The summed E-state index contributed by atoms with van der Waals surface area (Å²) < 4.78 is 0. The number of aliphatic hydroxyl groups is 1. The van der Waals surface area contributed by atoms with Crippen LogP contribution in [0.5, 0.6) is 0 Å². The van der Waals surface area contributed by atoms with Gasteiger partial charge in [0.25, 0.3) is 0 Å². The second kappa shape index (κ2) is 1.96. The van der Waals surface area contributed by atoms with Gasteiger partial charge >= 0.3 is 0 Å². The predicted molar refractivity (Wildman–Crippen MR) is 28.1 cm³/mol. The lowest BCUT2D eigenvalue weighted by Crippen LogP contribution is -1.89. The SMILES string of the molecule is CC(O)c1[c]c[nH]n1. The zero-order chi connectivity index (χ0) is 5.98. The van der Waals surface area contributed by atoms with E-state index in [0.717, 1.165) is 0 Å². The molecule has 8 heavy (non-hydrogen) atoms. The first kappa shape index (κ1) is 5.31. The average molecular weight is 111 g/mol. The molecule has 1 aromatic heterocycles. The molecule has 1 rings (SSSR count). The second-order valence-corrected chi connectivity index (χ2v) is 1.59. The molecule has 0 aromatic carbocycles. The fraction of sp³-hybridized carbons (Fsp3) is 0.400. The van der Waals surface area contributed by atoms with Gasteiger partial charge in [-0.05, 0) is 6.92 Å². The van der Waals surface area contributed by atoms with E-state index in [9.17, 15) is 0 Å². The molecular weight excluding hydrogens is 104 g/mol. The molecule has 1 radical (unpaired) electrons. The van der Waals surface area contributed by atoms with Crippen LogP contribution in [0.15, 0.2) is 6.20 Å². The molecule has 0 amide bonds. The van der Waals surface area contributed by atoms with E-state index in [0.29, 0.717) is 5.69 Å². The largest absolute Gasteiger partial charge is 0.387 e. The molecule has 0 aliphatic carbocycles.